The van der Waals surface area contributed by atoms with Crippen LogP contribution in [0.15, 0.2) is 53.7 Å². The van der Waals surface area contributed by atoms with Crippen molar-refractivity contribution >= 4 is 46.7 Å². The van der Waals surface area contributed by atoms with E-state index in [1.165, 1.54) is 18.7 Å². The summed E-state index contributed by atoms with van der Waals surface area (Å²) in [6.45, 7) is 5.17. The summed E-state index contributed by atoms with van der Waals surface area (Å²) in [4.78, 5) is 26.7. The molecule has 2 heterocycles. The van der Waals surface area contributed by atoms with Gasteiger partial charge in [-0.25, -0.2) is 0 Å². The van der Waals surface area contributed by atoms with Crippen LogP contribution in [-0.4, -0.2) is 44.8 Å². The molecule has 1 aromatic heterocycles. The molecular formula is C23H24ClN5O2S. The zero-order valence-corrected chi connectivity index (χ0v) is 19.5. The summed E-state index contributed by atoms with van der Waals surface area (Å²) in [6.07, 6.45) is 2.23. The van der Waals surface area contributed by atoms with Crippen molar-refractivity contribution in [1.29, 1.82) is 0 Å². The molecule has 1 atom stereocenters. The number of carbonyl (C=O) groups excluding carboxylic acids is 2. The van der Waals surface area contributed by atoms with Gasteiger partial charge in [-0.3, -0.25) is 14.2 Å². The van der Waals surface area contributed by atoms with Crippen molar-refractivity contribution in [3.8, 4) is 5.69 Å². The molecule has 1 aliphatic heterocycles. The smallest absolute Gasteiger partial charge is 0.237 e. The SMILES string of the molecule is CC(=O)c1cccc(NC(=O)C(C)Sc2nnc(N3CCCC3)n2-c2cccc(Cl)c2)c1. The highest BCUT2D eigenvalue weighted by atomic mass is 35.5. The lowest BCUT2D eigenvalue weighted by Gasteiger charge is -2.19. The minimum atomic E-state index is -0.440. The summed E-state index contributed by atoms with van der Waals surface area (Å²) >= 11 is 7.57. The molecule has 0 bridgehead atoms. The Labute approximate surface area is 196 Å². The van der Waals surface area contributed by atoms with Crippen molar-refractivity contribution in [3.05, 3.63) is 59.1 Å². The highest BCUT2D eigenvalue weighted by Gasteiger charge is 2.25. The molecule has 1 unspecified atom stereocenters. The Bertz CT molecular complexity index is 1140. The fraction of sp³-hybridized carbons (Fsp3) is 0.304. The monoisotopic (exact) mass is 469 g/mol. The van der Waals surface area contributed by atoms with Crippen LogP contribution in [-0.2, 0) is 4.79 Å². The lowest BCUT2D eigenvalue weighted by molar-refractivity contribution is -0.115. The lowest BCUT2D eigenvalue weighted by Crippen LogP contribution is -2.24. The first-order chi connectivity index (χ1) is 15.4. The fourth-order valence-electron chi connectivity index (χ4n) is 3.57. The predicted octanol–water partition coefficient (Wildman–Crippen LogP) is 4.84. The number of carbonyl (C=O) groups is 2. The first-order valence-corrected chi connectivity index (χ1v) is 11.7. The molecule has 0 saturated carbocycles. The number of nitrogens with zero attached hydrogens (tertiary/aromatic N) is 4. The molecule has 9 heteroatoms. The fourth-order valence-corrected chi connectivity index (χ4v) is 4.62. The molecule has 2 aromatic carbocycles. The Hall–Kier alpha value is -2.84. The summed E-state index contributed by atoms with van der Waals surface area (Å²) in [6, 6.07) is 14.5. The number of ketones is 1. The van der Waals surface area contributed by atoms with Gasteiger partial charge in [-0.2, -0.15) is 0 Å². The molecule has 0 spiro atoms. The minimum absolute atomic E-state index is 0.0485. The van der Waals surface area contributed by atoms with Crippen LogP contribution < -0.4 is 10.2 Å². The van der Waals surface area contributed by atoms with Gasteiger partial charge in [0.05, 0.1) is 10.9 Å². The maximum Gasteiger partial charge on any atom is 0.237 e. The molecule has 1 saturated heterocycles. The number of thioether (sulfide) groups is 1. The van der Waals surface area contributed by atoms with Gasteiger partial charge in [0, 0.05) is 29.4 Å². The van der Waals surface area contributed by atoms with E-state index in [-0.39, 0.29) is 11.7 Å². The van der Waals surface area contributed by atoms with E-state index >= 15 is 0 Å². The van der Waals surface area contributed by atoms with Crippen LogP contribution in [0.1, 0.15) is 37.0 Å². The highest BCUT2D eigenvalue weighted by molar-refractivity contribution is 8.00. The predicted molar refractivity (Wildman–Crippen MR) is 128 cm³/mol. The molecule has 1 aliphatic rings. The second-order valence-corrected chi connectivity index (χ2v) is 9.42. The summed E-state index contributed by atoms with van der Waals surface area (Å²) in [5, 5.41) is 12.5. The summed E-state index contributed by atoms with van der Waals surface area (Å²) < 4.78 is 1.96. The third-order valence-corrected chi connectivity index (χ3v) is 6.54. The van der Waals surface area contributed by atoms with E-state index in [2.05, 4.69) is 20.4 Å². The second kappa shape index (κ2) is 9.75. The van der Waals surface area contributed by atoms with Crippen molar-refractivity contribution < 1.29 is 9.59 Å². The van der Waals surface area contributed by atoms with Gasteiger partial charge < -0.3 is 10.2 Å². The number of amides is 1. The average molecular weight is 470 g/mol. The van der Waals surface area contributed by atoms with Gasteiger partial charge >= 0.3 is 0 Å². The van der Waals surface area contributed by atoms with Crippen LogP contribution in [0.2, 0.25) is 5.02 Å². The van der Waals surface area contributed by atoms with E-state index in [1.54, 1.807) is 24.3 Å². The molecule has 3 aromatic rings. The first-order valence-electron chi connectivity index (χ1n) is 10.5. The number of anilines is 2. The maximum atomic E-state index is 12.9. The van der Waals surface area contributed by atoms with Gasteiger partial charge in [0.25, 0.3) is 0 Å². The number of nitrogens with one attached hydrogen (secondary N) is 1. The summed E-state index contributed by atoms with van der Waals surface area (Å²) in [5.41, 5.74) is 2.00. The molecule has 0 aliphatic carbocycles. The van der Waals surface area contributed by atoms with E-state index < -0.39 is 5.25 Å². The second-order valence-electron chi connectivity index (χ2n) is 7.68. The Kier molecular flexibility index (Phi) is 6.81. The van der Waals surface area contributed by atoms with Crippen molar-refractivity contribution in [2.45, 2.75) is 37.1 Å². The van der Waals surface area contributed by atoms with Crippen LogP contribution in [0, 0.1) is 0 Å². The lowest BCUT2D eigenvalue weighted by atomic mass is 10.1. The van der Waals surface area contributed by atoms with Crippen LogP contribution in [0.4, 0.5) is 11.6 Å². The molecule has 166 valence electrons. The Morgan fingerprint density at radius 1 is 1.09 bits per heavy atom. The molecule has 1 N–H and O–H groups in total. The van der Waals surface area contributed by atoms with Gasteiger partial charge in [-0.05, 0) is 57.0 Å². The largest absolute Gasteiger partial charge is 0.341 e. The van der Waals surface area contributed by atoms with Crippen molar-refractivity contribution in [1.82, 2.24) is 14.8 Å². The number of hydrogen-bond acceptors (Lipinski definition) is 6. The molecule has 0 radical (unpaired) electrons. The van der Waals surface area contributed by atoms with Gasteiger partial charge in [-0.15, -0.1) is 10.2 Å². The van der Waals surface area contributed by atoms with E-state index in [4.69, 9.17) is 11.6 Å². The number of halogens is 1. The van der Waals surface area contributed by atoms with Crippen LogP contribution in [0.25, 0.3) is 5.69 Å². The van der Waals surface area contributed by atoms with Crippen LogP contribution in [0.3, 0.4) is 0 Å². The Morgan fingerprint density at radius 3 is 2.56 bits per heavy atom. The first kappa shape index (κ1) is 22.4. The number of rotatable bonds is 7. The van der Waals surface area contributed by atoms with Crippen molar-refractivity contribution in [3.63, 3.8) is 0 Å². The quantitative estimate of drug-likeness (QED) is 0.394. The van der Waals surface area contributed by atoms with E-state index in [0.29, 0.717) is 21.4 Å². The van der Waals surface area contributed by atoms with E-state index in [9.17, 15) is 9.59 Å². The normalized spacial score (nSPS) is 14.4. The molecule has 1 fully saturated rings. The van der Waals surface area contributed by atoms with Crippen LogP contribution in [0.5, 0.6) is 0 Å². The number of Topliss-reactive ketones (excluding diaryl/α,β-unsaturated/α-hetero) is 1. The third-order valence-electron chi connectivity index (χ3n) is 5.26. The third kappa shape index (κ3) is 4.97. The zero-order valence-electron chi connectivity index (χ0n) is 17.9. The van der Waals surface area contributed by atoms with Gasteiger partial charge in [0.15, 0.2) is 10.9 Å². The van der Waals surface area contributed by atoms with Gasteiger partial charge in [-0.1, -0.05) is 41.6 Å². The number of hydrogen-bond donors (Lipinski definition) is 1. The standard InChI is InChI=1S/C23H24ClN5O2S/c1-15(30)17-7-5-9-19(13-17)25-21(31)16(2)32-23-27-26-22(28-11-3-4-12-28)29(23)20-10-6-8-18(24)14-20/h5-10,13-14,16H,3-4,11-12H2,1-2H3,(H,25,31). The zero-order chi connectivity index (χ0) is 22.7. The number of benzene rings is 2. The number of aromatic nitrogens is 3. The average Bonchev–Trinajstić information content (AvgIpc) is 3.43. The summed E-state index contributed by atoms with van der Waals surface area (Å²) in [5.74, 6) is 0.528. The Balaban J connectivity index is 1.57. The van der Waals surface area contributed by atoms with E-state index in [0.717, 1.165) is 37.6 Å². The van der Waals surface area contributed by atoms with Crippen LogP contribution >= 0.6 is 23.4 Å². The molecule has 4 rings (SSSR count). The Morgan fingerprint density at radius 2 is 1.84 bits per heavy atom. The molecule has 7 nitrogen and oxygen atoms in total. The molecular weight excluding hydrogens is 446 g/mol. The van der Waals surface area contributed by atoms with Crippen molar-refractivity contribution in [2.75, 3.05) is 23.3 Å². The highest BCUT2D eigenvalue weighted by Crippen LogP contribution is 2.32. The minimum Gasteiger partial charge on any atom is -0.341 e. The molecule has 1 amide bonds. The van der Waals surface area contributed by atoms with Crippen molar-refractivity contribution in [2.24, 2.45) is 0 Å². The summed E-state index contributed by atoms with van der Waals surface area (Å²) in [7, 11) is 0. The van der Waals surface area contributed by atoms with Gasteiger partial charge in [0.2, 0.25) is 11.9 Å². The van der Waals surface area contributed by atoms with Gasteiger partial charge in [0.1, 0.15) is 0 Å². The topological polar surface area (TPSA) is 80.1 Å². The molecule has 32 heavy (non-hydrogen) atoms. The maximum absolute atomic E-state index is 12.9. The van der Waals surface area contributed by atoms with E-state index in [1.807, 2.05) is 35.8 Å².